The Kier molecular flexibility index (Phi) is 5.18. The number of hydrogen-bond acceptors (Lipinski definition) is 2. The highest BCUT2D eigenvalue weighted by Crippen LogP contribution is 2.22. The maximum absolute atomic E-state index is 12.3. The van der Waals surface area contributed by atoms with Crippen LogP contribution in [0.1, 0.15) is 50.2 Å². The lowest BCUT2D eigenvalue weighted by atomic mass is 9.95. The molecule has 3 nitrogen and oxygen atoms in total. The van der Waals surface area contributed by atoms with Crippen LogP contribution in [0.25, 0.3) is 0 Å². The molecule has 1 aliphatic heterocycles. The average molecular weight is 275 g/mol. The molecule has 0 bridgehead atoms. The third-order valence-electron chi connectivity index (χ3n) is 4.25. The minimum atomic E-state index is -0.224. The van der Waals surface area contributed by atoms with Crippen LogP contribution in [0.4, 0.5) is 0 Å². The third kappa shape index (κ3) is 3.83. The largest absolute Gasteiger partial charge is 0.393 e. The highest BCUT2D eigenvalue weighted by atomic mass is 16.3. The number of piperidine rings is 1. The number of hydrogen-bond donors (Lipinski definition) is 1. The Bertz CT molecular complexity index is 433. The lowest BCUT2D eigenvalue weighted by Gasteiger charge is -2.30. The first-order valence-corrected chi connectivity index (χ1v) is 7.64. The van der Waals surface area contributed by atoms with Gasteiger partial charge in [0.25, 0.3) is 0 Å². The van der Waals surface area contributed by atoms with Gasteiger partial charge in [-0.05, 0) is 36.3 Å². The molecule has 1 aromatic carbocycles. The number of aliphatic hydroxyl groups excluding tert-OH is 1. The fourth-order valence-corrected chi connectivity index (χ4v) is 2.71. The van der Waals surface area contributed by atoms with E-state index in [4.69, 9.17) is 0 Å². The zero-order valence-corrected chi connectivity index (χ0v) is 12.5. The summed E-state index contributed by atoms with van der Waals surface area (Å²) >= 11 is 0. The van der Waals surface area contributed by atoms with Crippen LogP contribution in [-0.4, -0.2) is 35.1 Å². The molecule has 0 saturated carbocycles. The molecule has 0 aromatic heterocycles. The maximum atomic E-state index is 12.3. The summed E-state index contributed by atoms with van der Waals surface area (Å²) in [6, 6.07) is 8.56. The second-order valence-electron chi connectivity index (χ2n) is 5.81. The summed E-state index contributed by atoms with van der Waals surface area (Å²) in [5.74, 6) is 0.462. The Morgan fingerprint density at radius 3 is 2.45 bits per heavy atom. The molecule has 2 rings (SSSR count). The van der Waals surface area contributed by atoms with Gasteiger partial charge in [0.05, 0.1) is 6.10 Å². The average Bonchev–Trinajstić information content (AvgIpc) is 2.48. The summed E-state index contributed by atoms with van der Waals surface area (Å²) < 4.78 is 0. The number of rotatable bonds is 4. The lowest BCUT2D eigenvalue weighted by Crippen LogP contribution is -2.40. The highest BCUT2D eigenvalue weighted by molar-refractivity contribution is 5.77. The smallest absolute Gasteiger partial charge is 0.223 e. The van der Waals surface area contributed by atoms with Crippen LogP contribution < -0.4 is 0 Å². The van der Waals surface area contributed by atoms with E-state index in [1.807, 2.05) is 4.90 Å². The number of aryl methyl sites for hydroxylation is 1. The van der Waals surface area contributed by atoms with Gasteiger partial charge < -0.3 is 10.0 Å². The van der Waals surface area contributed by atoms with Crippen molar-refractivity contribution in [1.29, 1.82) is 0 Å². The topological polar surface area (TPSA) is 40.5 Å². The molecule has 1 atom stereocenters. The third-order valence-corrected chi connectivity index (χ3v) is 4.25. The van der Waals surface area contributed by atoms with E-state index < -0.39 is 0 Å². The molecule has 1 amide bonds. The molecule has 1 N–H and O–H groups in total. The Balaban J connectivity index is 1.89. The van der Waals surface area contributed by atoms with Gasteiger partial charge in [-0.15, -0.1) is 0 Å². The second-order valence-corrected chi connectivity index (χ2v) is 5.81. The van der Waals surface area contributed by atoms with E-state index in [0.717, 1.165) is 6.42 Å². The molecule has 1 saturated heterocycles. The van der Waals surface area contributed by atoms with Crippen molar-refractivity contribution in [2.45, 2.75) is 51.6 Å². The Hall–Kier alpha value is -1.35. The van der Waals surface area contributed by atoms with Crippen molar-refractivity contribution in [3.63, 3.8) is 0 Å². The first-order chi connectivity index (χ1) is 9.60. The van der Waals surface area contributed by atoms with Crippen LogP contribution >= 0.6 is 0 Å². The summed E-state index contributed by atoms with van der Waals surface area (Å²) in [6.45, 7) is 5.65. The minimum Gasteiger partial charge on any atom is -0.393 e. The van der Waals surface area contributed by atoms with Crippen LogP contribution in [0, 0.1) is 0 Å². The number of aliphatic hydroxyl groups is 1. The fourth-order valence-electron chi connectivity index (χ4n) is 2.71. The Morgan fingerprint density at radius 1 is 1.30 bits per heavy atom. The standard InChI is InChI=1S/C17H25NO2/c1-3-14-4-6-15(7-5-14)13(2)12-17(20)18-10-8-16(19)9-11-18/h4-7,13,16,19H,3,8-12H2,1-2H3. The van der Waals surface area contributed by atoms with E-state index in [-0.39, 0.29) is 17.9 Å². The molecule has 1 unspecified atom stereocenters. The minimum absolute atomic E-state index is 0.212. The molecule has 3 heteroatoms. The molecule has 1 aromatic rings. The van der Waals surface area contributed by atoms with Crippen molar-refractivity contribution in [2.75, 3.05) is 13.1 Å². The summed E-state index contributed by atoms with van der Waals surface area (Å²) in [5.41, 5.74) is 2.56. The van der Waals surface area contributed by atoms with Crippen molar-refractivity contribution in [3.05, 3.63) is 35.4 Å². The van der Waals surface area contributed by atoms with Crippen LogP contribution in [0.5, 0.6) is 0 Å². The molecular formula is C17H25NO2. The van der Waals surface area contributed by atoms with Crippen molar-refractivity contribution < 1.29 is 9.90 Å². The quantitative estimate of drug-likeness (QED) is 0.918. The molecule has 1 fully saturated rings. The molecule has 0 radical (unpaired) electrons. The molecule has 1 aliphatic rings. The number of amides is 1. The summed E-state index contributed by atoms with van der Waals surface area (Å²) in [4.78, 5) is 14.1. The summed E-state index contributed by atoms with van der Waals surface area (Å²) in [5, 5.41) is 9.48. The Morgan fingerprint density at radius 2 is 1.90 bits per heavy atom. The van der Waals surface area contributed by atoms with Gasteiger partial charge >= 0.3 is 0 Å². The van der Waals surface area contributed by atoms with Gasteiger partial charge in [0, 0.05) is 19.5 Å². The van der Waals surface area contributed by atoms with Crippen molar-refractivity contribution in [1.82, 2.24) is 4.90 Å². The van der Waals surface area contributed by atoms with Crippen molar-refractivity contribution in [3.8, 4) is 0 Å². The normalized spacial score (nSPS) is 18.1. The zero-order chi connectivity index (χ0) is 14.5. The van der Waals surface area contributed by atoms with E-state index in [9.17, 15) is 9.90 Å². The van der Waals surface area contributed by atoms with E-state index in [1.54, 1.807) is 0 Å². The number of carbonyl (C=O) groups excluding carboxylic acids is 1. The van der Waals surface area contributed by atoms with E-state index in [2.05, 4.69) is 38.1 Å². The highest BCUT2D eigenvalue weighted by Gasteiger charge is 2.22. The van der Waals surface area contributed by atoms with Crippen LogP contribution in [0.15, 0.2) is 24.3 Å². The molecule has 1 heterocycles. The van der Waals surface area contributed by atoms with Gasteiger partial charge in [-0.3, -0.25) is 4.79 Å². The van der Waals surface area contributed by atoms with Gasteiger partial charge in [0.15, 0.2) is 0 Å². The van der Waals surface area contributed by atoms with E-state index >= 15 is 0 Å². The molecule has 0 spiro atoms. The predicted octanol–water partition coefficient (Wildman–Crippen LogP) is 2.73. The van der Waals surface area contributed by atoms with Gasteiger partial charge in [-0.1, -0.05) is 38.1 Å². The monoisotopic (exact) mass is 275 g/mol. The molecule has 110 valence electrons. The molecular weight excluding hydrogens is 250 g/mol. The number of nitrogens with zero attached hydrogens (tertiary/aromatic N) is 1. The predicted molar refractivity (Wildman–Crippen MR) is 80.7 cm³/mol. The van der Waals surface area contributed by atoms with E-state index in [1.165, 1.54) is 11.1 Å². The first-order valence-electron chi connectivity index (χ1n) is 7.64. The lowest BCUT2D eigenvalue weighted by molar-refractivity contribution is -0.133. The van der Waals surface area contributed by atoms with Gasteiger partial charge in [-0.25, -0.2) is 0 Å². The summed E-state index contributed by atoms with van der Waals surface area (Å²) in [7, 11) is 0. The van der Waals surface area contributed by atoms with Gasteiger partial charge in [0.1, 0.15) is 0 Å². The second kappa shape index (κ2) is 6.89. The van der Waals surface area contributed by atoms with Crippen LogP contribution in [-0.2, 0) is 11.2 Å². The number of likely N-dealkylation sites (tertiary alicyclic amines) is 1. The maximum Gasteiger partial charge on any atom is 0.223 e. The molecule has 0 aliphatic carbocycles. The fraction of sp³-hybridized carbons (Fsp3) is 0.588. The SMILES string of the molecule is CCc1ccc(C(C)CC(=O)N2CCC(O)CC2)cc1. The van der Waals surface area contributed by atoms with Crippen LogP contribution in [0.2, 0.25) is 0 Å². The van der Waals surface area contributed by atoms with Gasteiger partial charge in [-0.2, -0.15) is 0 Å². The first kappa shape index (κ1) is 15.0. The van der Waals surface area contributed by atoms with Crippen molar-refractivity contribution in [2.24, 2.45) is 0 Å². The Labute approximate surface area is 121 Å². The van der Waals surface area contributed by atoms with E-state index in [0.29, 0.717) is 32.4 Å². The number of carbonyl (C=O) groups is 1. The van der Waals surface area contributed by atoms with Crippen molar-refractivity contribution >= 4 is 5.91 Å². The molecule has 20 heavy (non-hydrogen) atoms. The summed E-state index contributed by atoms with van der Waals surface area (Å²) in [6.07, 6.45) is 2.81. The van der Waals surface area contributed by atoms with Gasteiger partial charge in [0.2, 0.25) is 5.91 Å². The zero-order valence-electron chi connectivity index (χ0n) is 12.5. The van der Waals surface area contributed by atoms with Crippen LogP contribution in [0.3, 0.4) is 0 Å². The number of benzene rings is 1.